The van der Waals surface area contributed by atoms with Crippen molar-refractivity contribution >= 4 is 27.7 Å². The number of nitrogens with zero attached hydrogens (tertiary/aromatic N) is 3. The van der Waals surface area contributed by atoms with Crippen molar-refractivity contribution in [1.29, 1.82) is 0 Å². The molecule has 5 heteroatoms. The predicted octanol–water partition coefficient (Wildman–Crippen LogP) is 4.55. The van der Waals surface area contributed by atoms with Crippen LogP contribution in [0, 0.1) is 0 Å². The summed E-state index contributed by atoms with van der Waals surface area (Å²) in [5.41, 5.74) is 4.79. The third-order valence-corrected chi connectivity index (χ3v) is 5.61. The molecule has 31 heavy (non-hydrogen) atoms. The Morgan fingerprint density at radius 3 is 2.61 bits per heavy atom. The average Bonchev–Trinajstić information content (AvgIpc) is 3.37. The maximum absolute atomic E-state index is 13.1. The van der Waals surface area contributed by atoms with E-state index in [-0.39, 0.29) is 5.91 Å². The Kier molecular flexibility index (Phi) is 5.00. The zero-order valence-corrected chi connectivity index (χ0v) is 17.5. The summed E-state index contributed by atoms with van der Waals surface area (Å²) in [5.74, 6) is -0.0621. The molecule has 0 spiro atoms. The molecule has 5 aromatic rings. The molecule has 2 aromatic carbocycles. The molecule has 3 heterocycles. The first kappa shape index (κ1) is 19.1. The number of carbonyl (C=O) groups is 1. The molecule has 0 aliphatic rings. The second-order valence-corrected chi connectivity index (χ2v) is 7.86. The van der Waals surface area contributed by atoms with Crippen LogP contribution in [0.15, 0.2) is 85.2 Å². The van der Waals surface area contributed by atoms with Gasteiger partial charge in [-0.05, 0) is 42.3 Å². The molecule has 0 aliphatic carbocycles. The minimum absolute atomic E-state index is 0.0621. The van der Waals surface area contributed by atoms with Crippen molar-refractivity contribution in [2.75, 3.05) is 6.54 Å². The number of aryl methyl sites for hydroxylation is 1. The zero-order chi connectivity index (χ0) is 21.2. The minimum atomic E-state index is -0.0621. The molecular formula is C26H24N4O. The summed E-state index contributed by atoms with van der Waals surface area (Å²) in [4.78, 5) is 17.9. The number of hydrogen-bond acceptors (Lipinski definition) is 2. The van der Waals surface area contributed by atoms with Gasteiger partial charge in [0.05, 0.1) is 17.8 Å². The number of aromatic nitrogens is 3. The van der Waals surface area contributed by atoms with Gasteiger partial charge in [-0.15, -0.1) is 0 Å². The van der Waals surface area contributed by atoms with Crippen LogP contribution in [0.4, 0.5) is 0 Å². The molecule has 5 nitrogen and oxygen atoms in total. The van der Waals surface area contributed by atoms with Gasteiger partial charge in [-0.2, -0.15) is 0 Å². The minimum Gasteiger partial charge on any atom is -0.357 e. The maximum Gasteiger partial charge on any atom is 0.267 e. The van der Waals surface area contributed by atoms with Crippen LogP contribution in [0.1, 0.15) is 21.7 Å². The lowest BCUT2D eigenvalue weighted by Gasteiger charge is -2.11. The van der Waals surface area contributed by atoms with E-state index >= 15 is 0 Å². The van der Waals surface area contributed by atoms with Gasteiger partial charge in [0.2, 0.25) is 0 Å². The first-order chi connectivity index (χ1) is 15.2. The highest BCUT2D eigenvalue weighted by atomic mass is 16.1. The Morgan fingerprint density at radius 1 is 0.968 bits per heavy atom. The summed E-state index contributed by atoms with van der Waals surface area (Å²) in [7, 11) is 2.00. The Balaban J connectivity index is 1.42. The summed E-state index contributed by atoms with van der Waals surface area (Å²) in [5, 5.41) is 5.25. The molecule has 0 fully saturated rings. The van der Waals surface area contributed by atoms with Gasteiger partial charge in [0.25, 0.3) is 5.91 Å². The summed E-state index contributed by atoms with van der Waals surface area (Å²) in [6.07, 6.45) is 4.90. The van der Waals surface area contributed by atoms with Gasteiger partial charge >= 0.3 is 0 Å². The molecular weight excluding hydrogens is 384 g/mol. The molecule has 0 aliphatic heterocycles. The van der Waals surface area contributed by atoms with Gasteiger partial charge in [-0.1, -0.05) is 42.5 Å². The van der Waals surface area contributed by atoms with Crippen molar-refractivity contribution in [2.45, 2.75) is 13.0 Å². The molecule has 0 atom stereocenters. The number of benzene rings is 2. The van der Waals surface area contributed by atoms with Gasteiger partial charge in [0.15, 0.2) is 0 Å². The van der Waals surface area contributed by atoms with Crippen LogP contribution in [0.3, 0.4) is 0 Å². The summed E-state index contributed by atoms with van der Waals surface area (Å²) in [6.45, 7) is 1.14. The maximum atomic E-state index is 13.1. The molecule has 0 radical (unpaired) electrons. The predicted molar refractivity (Wildman–Crippen MR) is 124 cm³/mol. The van der Waals surface area contributed by atoms with Gasteiger partial charge in [0.1, 0.15) is 5.69 Å². The largest absolute Gasteiger partial charge is 0.357 e. The van der Waals surface area contributed by atoms with Crippen molar-refractivity contribution in [3.8, 4) is 0 Å². The Bertz CT molecular complexity index is 1380. The van der Waals surface area contributed by atoms with E-state index in [1.54, 1.807) is 0 Å². The highest BCUT2D eigenvalue weighted by Gasteiger charge is 2.16. The summed E-state index contributed by atoms with van der Waals surface area (Å²) in [6, 6.07) is 24.3. The molecule has 0 saturated carbocycles. The molecule has 0 unspecified atom stereocenters. The summed E-state index contributed by atoms with van der Waals surface area (Å²) < 4.78 is 4.08. The molecule has 1 N–H and O–H groups in total. The van der Waals surface area contributed by atoms with Crippen LogP contribution in [0.2, 0.25) is 0 Å². The van der Waals surface area contributed by atoms with E-state index in [4.69, 9.17) is 4.98 Å². The Hall–Kier alpha value is -3.86. The van der Waals surface area contributed by atoms with Crippen LogP contribution < -0.4 is 5.32 Å². The van der Waals surface area contributed by atoms with Crippen molar-refractivity contribution in [3.63, 3.8) is 0 Å². The van der Waals surface area contributed by atoms with Crippen molar-refractivity contribution in [3.05, 3.63) is 102 Å². The van der Waals surface area contributed by atoms with Gasteiger partial charge < -0.3 is 14.5 Å². The molecule has 3 aromatic heterocycles. The fourth-order valence-electron chi connectivity index (χ4n) is 4.05. The number of pyridine rings is 1. The number of fused-ring (bicyclic) bond motifs is 2. The fourth-order valence-corrected chi connectivity index (χ4v) is 4.05. The van der Waals surface area contributed by atoms with Crippen LogP contribution >= 0.6 is 0 Å². The second-order valence-electron chi connectivity index (χ2n) is 7.86. The van der Waals surface area contributed by atoms with E-state index in [9.17, 15) is 4.79 Å². The smallest absolute Gasteiger partial charge is 0.267 e. The van der Waals surface area contributed by atoms with Crippen molar-refractivity contribution < 1.29 is 4.79 Å². The van der Waals surface area contributed by atoms with Gasteiger partial charge in [-0.25, -0.2) is 0 Å². The quantitative estimate of drug-likeness (QED) is 0.448. The van der Waals surface area contributed by atoms with Crippen molar-refractivity contribution in [2.24, 2.45) is 7.05 Å². The first-order valence-corrected chi connectivity index (χ1v) is 10.5. The van der Waals surface area contributed by atoms with E-state index in [1.807, 2.05) is 66.3 Å². The SMILES string of the molecule is Cn1ccc(CCNC(=O)c2cc3ccccc3n2Cc2ccc3ccccc3n2)c1. The fraction of sp³-hybridized carbons (Fsp3) is 0.154. The molecule has 1 amide bonds. The number of carbonyl (C=O) groups excluding carboxylic acids is 1. The van der Waals surface area contributed by atoms with Crippen LogP contribution in [0.25, 0.3) is 21.8 Å². The van der Waals surface area contributed by atoms with E-state index < -0.39 is 0 Å². The molecule has 154 valence electrons. The third kappa shape index (κ3) is 3.94. The molecule has 0 saturated heterocycles. The number of para-hydroxylation sites is 2. The van der Waals surface area contributed by atoms with Gasteiger partial charge in [0, 0.05) is 42.3 Å². The highest BCUT2D eigenvalue weighted by molar-refractivity contribution is 5.98. The molecule has 5 rings (SSSR count). The van der Waals surface area contributed by atoms with Crippen molar-refractivity contribution in [1.82, 2.24) is 19.4 Å². The van der Waals surface area contributed by atoms with E-state index in [0.717, 1.165) is 33.9 Å². The average molecular weight is 409 g/mol. The Labute approximate surface area is 181 Å². The first-order valence-electron chi connectivity index (χ1n) is 10.5. The number of hydrogen-bond donors (Lipinski definition) is 1. The van der Waals surface area contributed by atoms with E-state index in [1.165, 1.54) is 5.56 Å². The van der Waals surface area contributed by atoms with Crippen LogP contribution in [-0.4, -0.2) is 26.6 Å². The number of amides is 1. The van der Waals surface area contributed by atoms with Crippen LogP contribution in [-0.2, 0) is 20.0 Å². The Morgan fingerprint density at radius 2 is 1.77 bits per heavy atom. The lowest BCUT2D eigenvalue weighted by Crippen LogP contribution is -2.28. The second kappa shape index (κ2) is 8.11. The zero-order valence-electron chi connectivity index (χ0n) is 17.5. The lowest BCUT2D eigenvalue weighted by molar-refractivity contribution is 0.0945. The number of nitrogens with one attached hydrogen (secondary N) is 1. The standard InChI is InChI=1S/C26H24N4O/c1-29-15-13-19(17-29)12-14-27-26(31)25-16-21-7-3-5-9-24(21)30(25)18-22-11-10-20-6-2-4-8-23(20)28-22/h2-11,13,15-17H,12,14,18H2,1H3,(H,27,31). The monoisotopic (exact) mass is 408 g/mol. The topological polar surface area (TPSA) is 51.9 Å². The van der Waals surface area contributed by atoms with E-state index in [2.05, 4.69) is 40.3 Å². The van der Waals surface area contributed by atoms with Crippen LogP contribution in [0.5, 0.6) is 0 Å². The van der Waals surface area contributed by atoms with E-state index in [0.29, 0.717) is 18.8 Å². The third-order valence-electron chi connectivity index (χ3n) is 5.61. The molecule has 0 bridgehead atoms. The number of rotatable bonds is 6. The highest BCUT2D eigenvalue weighted by Crippen LogP contribution is 2.22. The van der Waals surface area contributed by atoms with Gasteiger partial charge in [-0.3, -0.25) is 9.78 Å². The summed E-state index contributed by atoms with van der Waals surface area (Å²) >= 11 is 0. The normalized spacial score (nSPS) is 11.3. The lowest BCUT2D eigenvalue weighted by atomic mass is 10.2.